The van der Waals surface area contributed by atoms with Gasteiger partial charge in [0.15, 0.2) is 0 Å². The molecular weight excluding hydrogens is 381 g/mol. The number of carbonyl (C=O) groups is 1. The zero-order valence-corrected chi connectivity index (χ0v) is 17.6. The molecule has 6 heteroatoms. The first kappa shape index (κ1) is 22.4. The third-order valence-corrected chi connectivity index (χ3v) is 5.63. The molecule has 0 saturated carbocycles. The van der Waals surface area contributed by atoms with Gasteiger partial charge in [-0.15, -0.1) is 0 Å². The van der Waals surface area contributed by atoms with E-state index in [9.17, 15) is 14.3 Å². The highest BCUT2D eigenvalue weighted by Crippen LogP contribution is 2.18. The number of aliphatic hydroxyl groups is 1. The number of nitrogens with zero attached hydrogens (tertiary/aromatic N) is 2. The molecule has 1 saturated heterocycles. The van der Waals surface area contributed by atoms with Gasteiger partial charge in [-0.1, -0.05) is 42.5 Å². The Morgan fingerprint density at radius 2 is 1.80 bits per heavy atom. The quantitative estimate of drug-likeness (QED) is 0.664. The highest BCUT2D eigenvalue weighted by molar-refractivity contribution is 5.78. The molecule has 1 fully saturated rings. The van der Waals surface area contributed by atoms with Gasteiger partial charge in [0.05, 0.1) is 6.10 Å². The summed E-state index contributed by atoms with van der Waals surface area (Å²) in [5.41, 5.74) is 2.13. The van der Waals surface area contributed by atoms with Crippen molar-refractivity contribution in [2.45, 2.75) is 32.0 Å². The van der Waals surface area contributed by atoms with E-state index < -0.39 is 6.10 Å². The number of nitrogens with one attached hydrogen (secondary N) is 1. The molecule has 5 nitrogen and oxygen atoms in total. The molecule has 2 aromatic carbocycles. The second-order valence-electron chi connectivity index (χ2n) is 8.26. The lowest BCUT2D eigenvalue weighted by molar-refractivity contribution is -0.126. The minimum absolute atomic E-state index is 0.000375. The first-order valence-electron chi connectivity index (χ1n) is 10.6. The fraction of sp³-hybridized carbons (Fsp3) is 0.458. The average Bonchev–Trinajstić information content (AvgIpc) is 2.74. The van der Waals surface area contributed by atoms with Crippen molar-refractivity contribution in [1.29, 1.82) is 0 Å². The number of piperidine rings is 1. The highest BCUT2D eigenvalue weighted by Gasteiger charge is 2.26. The molecule has 1 amide bonds. The Hall–Kier alpha value is -2.28. The van der Waals surface area contributed by atoms with Crippen LogP contribution in [0.1, 0.15) is 24.0 Å². The van der Waals surface area contributed by atoms with E-state index in [2.05, 4.69) is 27.2 Å². The summed E-state index contributed by atoms with van der Waals surface area (Å²) < 4.78 is 13.0. The average molecular weight is 414 g/mol. The molecule has 0 aromatic heterocycles. The lowest BCUT2D eigenvalue weighted by Gasteiger charge is -2.33. The number of aliphatic hydroxyl groups excluding tert-OH is 1. The van der Waals surface area contributed by atoms with Crippen molar-refractivity contribution in [2.75, 3.05) is 33.2 Å². The maximum atomic E-state index is 13.0. The number of amides is 1. The SMILES string of the molecule is CN(Cc1ccccc1)CC(O)CN1CCC(C(=O)NCc2ccc(F)cc2)CC1. The Morgan fingerprint density at radius 3 is 2.47 bits per heavy atom. The number of benzene rings is 2. The number of carbonyl (C=O) groups excluding carboxylic acids is 1. The van der Waals surface area contributed by atoms with Gasteiger partial charge < -0.3 is 15.3 Å². The maximum absolute atomic E-state index is 13.0. The summed E-state index contributed by atoms with van der Waals surface area (Å²) in [4.78, 5) is 16.8. The Kier molecular flexibility index (Phi) is 8.37. The third kappa shape index (κ3) is 7.20. The fourth-order valence-electron chi connectivity index (χ4n) is 3.99. The van der Waals surface area contributed by atoms with Gasteiger partial charge in [-0.3, -0.25) is 9.69 Å². The molecule has 0 spiro atoms. The summed E-state index contributed by atoms with van der Waals surface area (Å²) in [5.74, 6) is -0.215. The van der Waals surface area contributed by atoms with Gasteiger partial charge >= 0.3 is 0 Å². The number of β-amino-alcohol motifs (C(OH)–C–C–N with tert-alkyl or cyclic N) is 1. The Bertz CT molecular complexity index is 777. The summed E-state index contributed by atoms with van der Waals surface area (Å²) in [5, 5.41) is 13.4. The maximum Gasteiger partial charge on any atom is 0.223 e. The smallest absolute Gasteiger partial charge is 0.223 e. The fourth-order valence-corrected chi connectivity index (χ4v) is 3.99. The monoisotopic (exact) mass is 413 g/mol. The van der Waals surface area contributed by atoms with Gasteiger partial charge in [0, 0.05) is 32.1 Å². The van der Waals surface area contributed by atoms with Crippen LogP contribution in [0.15, 0.2) is 54.6 Å². The summed E-state index contributed by atoms with van der Waals surface area (Å²) in [6, 6.07) is 16.4. The second kappa shape index (κ2) is 11.2. The van der Waals surface area contributed by atoms with Crippen LogP contribution in [0.25, 0.3) is 0 Å². The molecular formula is C24H32FN3O2. The van der Waals surface area contributed by atoms with Gasteiger partial charge in [0.1, 0.15) is 5.82 Å². The van der Waals surface area contributed by atoms with E-state index in [-0.39, 0.29) is 17.6 Å². The molecule has 1 atom stereocenters. The molecule has 2 aromatic rings. The van der Waals surface area contributed by atoms with E-state index in [1.807, 2.05) is 25.2 Å². The van der Waals surface area contributed by atoms with Gasteiger partial charge in [-0.25, -0.2) is 4.39 Å². The van der Waals surface area contributed by atoms with Crippen LogP contribution in [0.5, 0.6) is 0 Å². The van der Waals surface area contributed by atoms with Crippen LogP contribution < -0.4 is 5.32 Å². The van der Waals surface area contributed by atoms with Crippen LogP contribution in [0.2, 0.25) is 0 Å². The lowest BCUT2D eigenvalue weighted by atomic mass is 9.95. The van der Waals surface area contributed by atoms with Crippen LogP contribution in [-0.2, 0) is 17.9 Å². The molecule has 1 aliphatic heterocycles. The first-order chi connectivity index (χ1) is 14.5. The van der Waals surface area contributed by atoms with Crippen LogP contribution in [-0.4, -0.2) is 60.1 Å². The number of likely N-dealkylation sites (tertiary alicyclic amines) is 1. The Morgan fingerprint density at radius 1 is 1.13 bits per heavy atom. The molecule has 2 N–H and O–H groups in total. The van der Waals surface area contributed by atoms with E-state index in [1.54, 1.807) is 12.1 Å². The van der Waals surface area contributed by atoms with Crippen molar-refractivity contribution < 1.29 is 14.3 Å². The van der Waals surface area contributed by atoms with Crippen molar-refractivity contribution in [3.63, 3.8) is 0 Å². The van der Waals surface area contributed by atoms with Crippen LogP contribution >= 0.6 is 0 Å². The van der Waals surface area contributed by atoms with Crippen LogP contribution in [0.3, 0.4) is 0 Å². The highest BCUT2D eigenvalue weighted by atomic mass is 19.1. The number of hydrogen-bond donors (Lipinski definition) is 2. The Balaban J connectivity index is 1.34. The zero-order valence-electron chi connectivity index (χ0n) is 17.6. The Labute approximate surface area is 178 Å². The lowest BCUT2D eigenvalue weighted by Crippen LogP contribution is -2.45. The van der Waals surface area contributed by atoms with Crippen molar-refractivity contribution >= 4 is 5.91 Å². The summed E-state index contributed by atoms with van der Waals surface area (Å²) in [7, 11) is 2.02. The molecule has 162 valence electrons. The number of rotatable bonds is 9. The number of hydrogen-bond acceptors (Lipinski definition) is 4. The van der Waals surface area contributed by atoms with E-state index in [0.29, 0.717) is 19.6 Å². The summed E-state index contributed by atoms with van der Waals surface area (Å²) >= 11 is 0. The summed E-state index contributed by atoms with van der Waals surface area (Å²) in [6.07, 6.45) is 1.17. The predicted octanol–water partition coefficient (Wildman–Crippen LogP) is 2.65. The van der Waals surface area contributed by atoms with Gasteiger partial charge in [-0.2, -0.15) is 0 Å². The van der Waals surface area contributed by atoms with Crippen molar-refractivity contribution in [3.8, 4) is 0 Å². The number of likely N-dealkylation sites (N-methyl/N-ethyl adjacent to an activating group) is 1. The normalized spacial score (nSPS) is 16.5. The van der Waals surface area contributed by atoms with Crippen LogP contribution in [0, 0.1) is 11.7 Å². The molecule has 1 aliphatic rings. The topological polar surface area (TPSA) is 55.8 Å². The molecule has 30 heavy (non-hydrogen) atoms. The van der Waals surface area contributed by atoms with Crippen molar-refractivity contribution in [1.82, 2.24) is 15.1 Å². The van der Waals surface area contributed by atoms with E-state index in [4.69, 9.17) is 0 Å². The van der Waals surface area contributed by atoms with Gasteiger partial charge in [0.25, 0.3) is 0 Å². The largest absolute Gasteiger partial charge is 0.390 e. The predicted molar refractivity (Wildman–Crippen MR) is 116 cm³/mol. The van der Waals surface area contributed by atoms with E-state index in [1.165, 1.54) is 17.7 Å². The van der Waals surface area contributed by atoms with Crippen molar-refractivity contribution in [2.24, 2.45) is 5.92 Å². The van der Waals surface area contributed by atoms with Crippen LogP contribution in [0.4, 0.5) is 4.39 Å². The third-order valence-electron chi connectivity index (χ3n) is 5.63. The minimum Gasteiger partial charge on any atom is -0.390 e. The zero-order chi connectivity index (χ0) is 21.3. The second-order valence-corrected chi connectivity index (χ2v) is 8.26. The molecule has 1 unspecified atom stereocenters. The molecule has 0 bridgehead atoms. The summed E-state index contributed by atoms with van der Waals surface area (Å²) in [6.45, 7) is 4.11. The standard InChI is InChI=1S/C24H32FN3O2/c1-27(16-20-5-3-2-4-6-20)17-23(29)18-28-13-11-21(12-14-28)24(30)26-15-19-7-9-22(25)10-8-19/h2-10,21,23,29H,11-18H2,1H3,(H,26,30). The minimum atomic E-state index is -0.414. The van der Waals surface area contributed by atoms with E-state index in [0.717, 1.165) is 38.0 Å². The van der Waals surface area contributed by atoms with Crippen molar-refractivity contribution in [3.05, 3.63) is 71.5 Å². The van der Waals surface area contributed by atoms with E-state index >= 15 is 0 Å². The van der Waals surface area contributed by atoms with Gasteiger partial charge in [0.2, 0.25) is 5.91 Å². The van der Waals surface area contributed by atoms with Gasteiger partial charge in [-0.05, 0) is 56.2 Å². The molecule has 0 radical (unpaired) electrons. The molecule has 0 aliphatic carbocycles. The number of halogens is 1. The first-order valence-corrected chi connectivity index (χ1v) is 10.6. The molecule has 1 heterocycles. The molecule has 3 rings (SSSR count).